The van der Waals surface area contributed by atoms with Crippen molar-refractivity contribution in [2.24, 2.45) is 11.7 Å². The average molecular weight is 284 g/mol. The zero-order valence-electron chi connectivity index (χ0n) is 13.1. The van der Waals surface area contributed by atoms with E-state index in [4.69, 9.17) is 10.5 Å². The standard InChI is InChI=1S/C15H28N2O3/c1-11-6-5-7-14(16,8-11)15(19)9-17(10-15)12(18)20-13(2,3)4/h11,19H,5-10,16H2,1-4H3. The van der Waals surface area contributed by atoms with Crippen LogP contribution in [0.25, 0.3) is 0 Å². The minimum absolute atomic E-state index is 0.283. The molecule has 0 spiro atoms. The fraction of sp³-hybridized carbons (Fsp3) is 0.933. The maximum absolute atomic E-state index is 11.9. The third-order valence-corrected chi connectivity index (χ3v) is 4.52. The van der Waals surface area contributed by atoms with Gasteiger partial charge in [0.2, 0.25) is 0 Å². The fourth-order valence-corrected chi connectivity index (χ4v) is 3.37. The molecule has 0 aromatic rings. The zero-order valence-corrected chi connectivity index (χ0v) is 13.1. The van der Waals surface area contributed by atoms with Crippen molar-refractivity contribution in [2.75, 3.05) is 13.1 Å². The molecule has 0 bridgehead atoms. The van der Waals surface area contributed by atoms with Gasteiger partial charge in [0.15, 0.2) is 0 Å². The van der Waals surface area contributed by atoms with E-state index in [2.05, 4.69) is 6.92 Å². The number of carbonyl (C=O) groups excluding carboxylic acids is 1. The molecule has 2 atom stereocenters. The van der Waals surface area contributed by atoms with Gasteiger partial charge < -0.3 is 20.5 Å². The van der Waals surface area contributed by atoms with Gasteiger partial charge in [-0.2, -0.15) is 0 Å². The summed E-state index contributed by atoms with van der Waals surface area (Å²) in [5.41, 5.74) is 4.41. The highest BCUT2D eigenvalue weighted by atomic mass is 16.6. The van der Waals surface area contributed by atoms with E-state index >= 15 is 0 Å². The van der Waals surface area contributed by atoms with Gasteiger partial charge in [0.1, 0.15) is 11.2 Å². The van der Waals surface area contributed by atoms with Gasteiger partial charge in [0.25, 0.3) is 0 Å². The highest BCUT2D eigenvalue weighted by molar-refractivity contribution is 5.70. The van der Waals surface area contributed by atoms with Gasteiger partial charge in [-0.1, -0.05) is 19.8 Å². The Bertz CT molecular complexity index is 385. The van der Waals surface area contributed by atoms with Gasteiger partial charge in [-0.3, -0.25) is 0 Å². The lowest BCUT2D eigenvalue weighted by Crippen LogP contribution is -2.77. The molecule has 1 aliphatic carbocycles. The summed E-state index contributed by atoms with van der Waals surface area (Å²) in [6.07, 6.45) is 3.51. The van der Waals surface area contributed by atoms with Crippen molar-refractivity contribution >= 4 is 6.09 Å². The summed E-state index contributed by atoms with van der Waals surface area (Å²) in [6.45, 7) is 8.25. The van der Waals surface area contributed by atoms with Crippen LogP contribution in [0.2, 0.25) is 0 Å². The molecule has 1 heterocycles. The first-order valence-electron chi connectivity index (χ1n) is 7.54. The molecule has 20 heavy (non-hydrogen) atoms. The van der Waals surface area contributed by atoms with Crippen LogP contribution < -0.4 is 5.73 Å². The lowest BCUT2D eigenvalue weighted by atomic mass is 9.64. The lowest BCUT2D eigenvalue weighted by Gasteiger charge is -2.57. The Balaban J connectivity index is 1.95. The Hall–Kier alpha value is -0.810. The third kappa shape index (κ3) is 2.93. The quantitative estimate of drug-likeness (QED) is 0.771. The van der Waals surface area contributed by atoms with E-state index in [0.717, 1.165) is 19.3 Å². The number of hydrogen-bond acceptors (Lipinski definition) is 4. The molecule has 0 aromatic heterocycles. The molecular weight excluding hydrogens is 256 g/mol. The summed E-state index contributed by atoms with van der Waals surface area (Å²) < 4.78 is 5.31. The molecular formula is C15H28N2O3. The van der Waals surface area contributed by atoms with E-state index in [1.54, 1.807) is 4.90 Å². The van der Waals surface area contributed by atoms with Gasteiger partial charge in [-0.15, -0.1) is 0 Å². The predicted octanol–water partition coefficient (Wildman–Crippen LogP) is 1.88. The lowest BCUT2D eigenvalue weighted by molar-refractivity contribution is -0.152. The second kappa shape index (κ2) is 4.88. The molecule has 3 N–H and O–H groups in total. The van der Waals surface area contributed by atoms with Crippen LogP contribution in [0, 0.1) is 5.92 Å². The monoisotopic (exact) mass is 284 g/mol. The molecule has 5 heteroatoms. The van der Waals surface area contributed by atoms with Crippen molar-refractivity contribution in [2.45, 2.75) is 70.1 Å². The molecule has 2 rings (SSSR count). The van der Waals surface area contributed by atoms with Crippen molar-refractivity contribution in [3.8, 4) is 0 Å². The summed E-state index contributed by atoms with van der Waals surface area (Å²) in [7, 11) is 0. The molecule has 1 saturated carbocycles. The van der Waals surface area contributed by atoms with Crippen molar-refractivity contribution in [1.29, 1.82) is 0 Å². The van der Waals surface area contributed by atoms with E-state index in [0.29, 0.717) is 5.92 Å². The van der Waals surface area contributed by atoms with E-state index < -0.39 is 16.7 Å². The number of aliphatic hydroxyl groups is 1. The second-order valence-corrected chi connectivity index (χ2v) is 7.73. The molecule has 2 fully saturated rings. The van der Waals surface area contributed by atoms with E-state index in [-0.39, 0.29) is 19.2 Å². The first kappa shape index (κ1) is 15.6. The summed E-state index contributed by atoms with van der Waals surface area (Å²) in [5.74, 6) is 0.536. The first-order valence-corrected chi connectivity index (χ1v) is 7.54. The number of β-amino-alcohol motifs (C(OH)–C–C–N with tert-alkyl or cyclic N) is 1. The SMILES string of the molecule is CC1CCCC(N)(C2(O)CN(C(=O)OC(C)(C)C)C2)C1. The number of hydrogen-bond donors (Lipinski definition) is 2. The van der Waals surface area contributed by atoms with Gasteiger partial charge in [-0.25, -0.2) is 4.79 Å². The molecule has 2 aliphatic rings. The van der Waals surface area contributed by atoms with Crippen molar-refractivity contribution in [3.05, 3.63) is 0 Å². The highest BCUT2D eigenvalue weighted by Crippen LogP contribution is 2.42. The summed E-state index contributed by atoms with van der Waals surface area (Å²) in [5, 5.41) is 10.8. The summed E-state index contributed by atoms with van der Waals surface area (Å²) in [6, 6.07) is 0. The normalized spacial score (nSPS) is 33.5. The van der Waals surface area contributed by atoms with Gasteiger partial charge >= 0.3 is 6.09 Å². The minimum Gasteiger partial charge on any atom is -0.444 e. The van der Waals surface area contributed by atoms with E-state index in [9.17, 15) is 9.90 Å². The topological polar surface area (TPSA) is 75.8 Å². The Labute approximate surface area is 121 Å². The average Bonchev–Trinajstić information content (AvgIpc) is 2.21. The fourth-order valence-electron chi connectivity index (χ4n) is 3.37. The maximum atomic E-state index is 11.9. The molecule has 0 aromatic carbocycles. The largest absolute Gasteiger partial charge is 0.444 e. The van der Waals surface area contributed by atoms with Crippen LogP contribution in [0.5, 0.6) is 0 Å². The van der Waals surface area contributed by atoms with Crippen molar-refractivity contribution in [1.82, 2.24) is 4.90 Å². The van der Waals surface area contributed by atoms with Crippen LogP contribution in [0.3, 0.4) is 0 Å². The van der Waals surface area contributed by atoms with Crippen LogP contribution in [0.4, 0.5) is 4.79 Å². The second-order valence-electron chi connectivity index (χ2n) is 7.73. The van der Waals surface area contributed by atoms with Gasteiger partial charge in [0, 0.05) is 5.54 Å². The van der Waals surface area contributed by atoms with E-state index in [1.807, 2.05) is 20.8 Å². The van der Waals surface area contributed by atoms with Crippen LogP contribution in [-0.4, -0.2) is 45.9 Å². The summed E-state index contributed by atoms with van der Waals surface area (Å²) in [4.78, 5) is 13.5. The molecule has 116 valence electrons. The number of amides is 1. The Morgan fingerprint density at radius 1 is 1.40 bits per heavy atom. The minimum atomic E-state index is -0.960. The van der Waals surface area contributed by atoms with Crippen molar-refractivity contribution in [3.63, 3.8) is 0 Å². The molecule has 1 aliphatic heterocycles. The van der Waals surface area contributed by atoms with Crippen LogP contribution in [-0.2, 0) is 4.74 Å². The van der Waals surface area contributed by atoms with Crippen LogP contribution in [0.1, 0.15) is 53.4 Å². The first-order chi connectivity index (χ1) is 9.05. The smallest absolute Gasteiger partial charge is 0.410 e. The molecule has 1 amide bonds. The Kier molecular flexibility index (Phi) is 3.80. The zero-order chi connectivity index (χ0) is 15.2. The number of rotatable bonds is 1. The molecule has 2 unspecified atom stereocenters. The predicted molar refractivity (Wildman–Crippen MR) is 77.3 cm³/mol. The number of likely N-dealkylation sites (tertiary alicyclic amines) is 1. The van der Waals surface area contributed by atoms with Crippen LogP contribution in [0.15, 0.2) is 0 Å². The Morgan fingerprint density at radius 2 is 2.00 bits per heavy atom. The van der Waals surface area contributed by atoms with Gasteiger partial charge in [-0.05, 0) is 39.5 Å². The Morgan fingerprint density at radius 3 is 2.50 bits per heavy atom. The maximum Gasteiger partial charge on any atom is 0.410 e. The van der Waals surface area contributed by atoms with E-state index in [1.165, 1.54) is 6.42 Å². The van der Waals surface area contributed by atoms with Crippen molar-refractivity contribution < 1.29 is 14.6 Å². The number of carbonyl (C=O) groups is 1. The van der Waals surface area contributed by atoms with Crippen LogP contribution >= 0.6 is 0 Å². The molecule has 5 nitrogen and oxygen atoms in total. The highest BCUT2D eigenvalue weighted by Gasteiger charge is 2.57. The number of ether oxygens (including phenoxy) is 1. The third-order valence-electron chi connectivity index (χ3n) is 4.52. The number of nitrogens with zero attached hydrogens (tertiary/aromatic N) is 1. The molecule has 1 saturated heterocycles. The van der Waals surface area contributed by atoms with Gasteiger partial charge in [0.05, 0.1) is 13.1 Å². The number of nitrogens with two attached hydrogens (primary N) is 1. The summed E-state index contributed by atoms with van der Waals surface area (Å²) >= 11 is 0. The molecule has 0 radical (unpaired) electrons.